The first-order chi connectivity index (χ1) is 8.99. The highest BCUT2D eigenvalue weighted by Crippen LogP contribution is 2.24. The van der Waals surface area contributed by atoms with Gasteiger partial charge in [0.1, 0.15) is 5.01 Å². The van der Waals surface area contributed by atoms with Crippen LogP contribution < -0.4 is 5.32 Å². The molecule has 2 rings (SSSR count). The zero-order valence-electron chi connectivity index (χ0n) is 12.4. The summed E-state index contributed by atoms with van der Waals surface area (Å²) >= 11 is 1.78. The molecule has 1 N–H and O–H groups in total. The van der Waals surface area contributed by atoms with Crippen LogP contribution in [0.15, 0.2) is 5.38 Å². The van der Waals surface area contributed by atoms with Crippen molar-refractivity contribution >= 4 is 11.3 Å². The summed E-state index contributed by atoms with van der Waals surface area (Å²) in [6.07, 6.45) is 0.306. The highest BCUT2D eigenvalue weighted by atomic mass is 32.1. The molecule has 1 fully saturated rings. The lowest BCUT2D eigenvalue weighted by Crippen LogP contribution is -2.45. The topological polar surface area (TPSA) is 37.4 Å². The molecule has 1 aromatic heterocycles. The smallest absolute Gasteiger partial charge is 0.107 e. The van der Waals surface area contributed by atoms with Crippen LogP contribution in [0.3, 0.4) is 0 Å². The molecule has 5 heteroatoms. The minimum Gasteiger partial charge on any atom is -0.374 e. The molecule has 1 unspecified atom stereocenters. The maximum atomic E-state index is 5.72. The quantitative estimate of drug-likeness (QED) is 0.915. The van der Waals surface area contributed by atoms with Gasteiger partial charge in [0.15, 0.2) is 0 Å². The molecular formula is C14H25N3OS. The molecule has 1 saturated heterocycles. The monoisotopic (exact) mass is 283 g/mol. The molecule has 0 bridgehead atoms. The van der Waals surface area contributed by atoms with Crippen molar-refractivity contribution in [3.05, 3.63) is 16.1 Å². The Balaban J connectivity index is 1.92. The average Bonchev–Trinajstić information content (AvgIpc) is 2.78. The fraction of sp³-hybridized carbons (Fsp3) is 0.786. The Morgan fingerprint density at radius 2 is 2.32 bits per heavy atom. The normalized spacial score (nSPS) is 21.8. The standard InChI is InChI=1S/C14H25N3OS/c1-14(2,3)12-10-19-13(16-12)9-17-5-6-18-11(8-17)7-15-4/h10-11,15H,5-9H2,1-4H3. The fourth-order valence-electron chi connectivity index (χ4n) is 2.19. The van der Waals surface area contributed by atoms with Gasteiger partial charge in [-0.3, -0.25) is 4.90 Å². The van der Waals surface area contributed by atoms with Crippen molar-refractivity contribution in [2.45, 2.75) is 38.8 Å². The van der Waals surface area contributed by atoms with Crippen LogP contribution in [0.4, 0.5) is 0 Å². The Morgan fingerprint density at radius 1 is 1.53 bits per heavy atom. The van der Waals surface area contributed by atoms with E-state index in [1.54, 1.807) is 11.3 Å². The minimum absolute atomic E-state index is 0.147. The molecule has 1 aromatic rings. The molecule has 1 atom stereocenters. The Hall–Kier alpha value is -0.490. The third kappa shape index (κ3) is 4.24. The third-order valence-electron chi connectivity index (χ3n) is 3.33. The van der Waals surface area contributed by atoms with Gasteiger partial charge in [0.05, 0.1) is 24.9 Å². The summed E-state index contributed by atoms with van der Waals surface area (Å²) in [6, 6.07) is 0. The second-order valence-corrected chi connectivity index (χ2v) is 7.10. The van der Waals surface area contributed by atoms with E-state index < -0.39 is 0 Å². The number of likely N-dealkylation sites (N-methyl/N-ethyl adjacent to an activating group) is 1. The van der Waals surface area contributed by atoms with Gasteiger partial charge in [-0.05, 0) is 7.05 Å². The molecule has 4 nitrogen and oxygen atoms in total. The molecule has 0 radical (unpaired) electrons. The van der Waals surface area contributed by atoms with E-state index in [-0.39, 0.29) is 5.41 Å². The van der Waals surface area contributed by atoms with Gasteiger partial charge < -0.3 is 10.1 Å². The van der Waals surface area contributed by atoms with Crippen molar-refractivity contribution in [3.63, 3.8) is 0 Å². The molecule has 0 saturated carbocycles. The number of ether oxygens (including phenoxy) is 1. The number of morpholine rings is 1. The fourth-order valence-corrected chi connectivity index (χ4v) is 3.26. The van der Waals surface area contributed by atoms with Crippen LogP contribution in [0.5, 0.6) is 0 Å². The number of thiazole rings is 1. The first-order valence-corrected chi connectivity index (χ1v) is 7.80. The first kappa shape index (κ1) is 14.9. The van der Waals surface area contributed by atoms with Crippen molar-refractivity contribution in [1.82, 2.24) is 15.2 Å². The Labute approximate surface area is 120 Å². The van der Waals surface area contributed by atoms with Gasteiger partial charge in [-0.2, -0.15) is 0 Å². The van der Waals surface area contributed by atoms with Crippen molar-refractivity contribution in [1.29, 1.82) is 0 Å². The SMILES string of the molecule is CNCC1CN(Cc2nc(C(C)(C)C)cs2)CCO1. The lowest BCUT2D eigenvalue weighted by molar-refractivity contribution is -0.0291. The van der Waals surface area contributed by atoms with Crippen LogP contribution >= 0.6 is 11.3 Å². The van der Waals surface area contributed by atoms with Crippen molar-refractivity contribution in [2.75, 3.05) is 33.3 Å². The minimum atomic E-state index is 0.147. The molecular weight excluding hydrogens is 258 g/mol. The zero-order valence-corrected chi connectivity index (χ0v) is 13.2. The van der Waals surface area contributed by atoms with E-state index in [0.717, 1.165) is 32.8 Å². The molecule has 2 heterocycles. The number of hydrogen-bond acceptors (Lipinski definition) is 5. The Kier molecular flexibility index (Phi) is 4.95. The van der Waals surface area contributed by atoms with Crippen LogP contribution in [-0.4, -0.2) is 49.3 Å². The predicted octanol–water partition coefficient (Wildman–Crippen LogP) is 1.86. The van der Waals surface area contributed by atoms with E-state index in [2.05, 4.69) is 36.4 Å². The average molecular weight is 283 g/mol. The molecule has 1 aliphatic rings. The number of nitrogens with zero attached hydrogens (tertiary/aromatic N) is 2. The van der Waals surface area contributed by atoms with Crippen molar-refractivity contribution in [3.8, 4) is 0 Å². The molecule has 19 heavy (non-hydrogen) atoms. The summed E-state index contributed by atoms with van der Waals surface area (Å²) in [5.74, 6) is 0. The maximum absolute atomic E-state index is 5.72. The van der Waals surface area contributed by atoms with Crippen LogP contribution in [0.25, 0.3) is 0 Å². The van der Waals surface area contributed by atoms with Gasteiger partial charge in [-0.1, -0.05) is 20.8 Å². The van der Waals surface area contributed by atoms with Gasteiger partial charge in [0.25, 0.3) is 0 Å². The summed E-state index contributed by atoms with van der Waals surface area (Å²) in [5.41, 5.74) is 1.35. The second kappa shape index (κ2) is 6.31. The number of hydrogen-bond donors (Lipinski definition) is 1. The summed E-state index contributed by atoms with van der Waals surface area (Å²) in [7, 11) is 1.97. The van der Waals surface area contributed by atoms with Gasteiger partial charge in [-0.25, -0.2) is 4.98 Å². The van der Waals surface area contributed by atoms with E-state index in [4.69, 9.17) is 9.72 Å². The van der Waals surface area contributed by atoms with E-state index in [1.807, 2.05) is 7.05 Å². The second-order valence-electron chi connectivity index (χ2n) is 6.16. The molecule has 0 aliphatic carbocycles. The summed E-state index contributed by atoms with van der Waals surface area (Å²) < 4.78 is 5.72. The van der Waals surface area contributed by atoms with Crippen LogP contribution in [0.1, 0.15) is 31.5 Å². The third-order valence-corrected chi connectivity index (χ3v) is 4.17. The van der Waals surface area contributed by atoms with Crippen LogP contribution in [-0.2, 0) is 16.7 Å². The van der Waals surface area contributed by atoms with Gasteiger partial charge in [0, 0.05) is 30.4 Å². The summed E-state index contributed by atoms with van der Waals surface area (Å²) in [6.45, 7) is 11.3. The molecule has 0 amide bonds. The van der Waals surface area contributed by atoms with Crippen molar-refractivity contribution < 1.29 is 4.74 Å². The summed E-state index contributed by atoms with van der Waals surface area (Å²) in [5, 5.41) is 6.59. The Morgan fingerprint density at radius 3 is 2.95 bits per heavy atom. The van der Waals surface area contributed by atoms with Crippen LogP contribution in [0, 0.1) is 0 Å². The molecule has 1 aliphatic heterocycles. The number of aromatic nitrogens is 1. The van der Waals surface area contributed by atoms with Crippen molar-refractivity contribution in [2.24, 2.45) is 0 Å². The van der Waals surface area contributed by atoms with E-state index in [9.17, 15) is 0 Å². The molecule has 0 spiro atoms. The van der Waals surface area contributed by atoms with Gasteiger partial charge in [0.2, 0.25) is 0 Å². The Bertz CT molecular complexity index is 398. The maximum Gasteiger partial charge on any atom is 0.107 e. The zero-order chi connectivity index (χ0) is 13.9. The summed E-state index contributed by atoms with van der Waals surface area (Å²) in [4.78, 5) is 7.21. The lowest BCUT2D eigenvalue weighted by Gasteiger charge is -2.32. The molecule has 108 valence electrons. The lowest BCUT2D eigenvalue weighted by atomic mass is 9.93. The van der Waals surface area contributed by atoms with E-state index >= 15 is 0 Å². The highest BCUT2D eigenvalue weighted by Gasteiger charge is 2.22. The highest BCUT2D eigenvalue weighted by molar-refractivity contribution is 7.09. The molecule has 0 aromatic carbocycles. The number of nitrogens with one attached hydrogen (secondary N) is 1. The van der Waals surface area contributed by atoms with Gasteiger partial charge in [-0.15, -0.1) is 11.3 Å². The van der Waals surface area contributed by atoms with E-state index in [1.165, 1.54) is 10.7 Å². The predicted molar refractivity (Wildman–Crippen MR) is 79.8 cm³/mol. The largest absolute Gasteiger partial charge is 0.374 e. The van der Waals surface area contributed by atoms with Crippen LogP contribution in [0.2, 0.25) is 0 Å². The van der Waals surface area contributed by atoms with E-state index in [0.29, 0.717) is 6.10 Å². The number of rotatable bonds is 4. The van der Waals surface area contributed by atoms with Gasteiger partial charge >= 0.3 is 0 Å². The first-order valence-electron chi connectivity index (χ1n) is 6.92.